The van der Waals surface area contributed by atoms with Gasteiger partial charge in [0.2, 0.25) is 5.91 Å². The van der Waals surface area contributed by atoms with Crippen LogP contribution in [0.3, 0.4) is 0 Å². The van der Waals surface area contributed by atoms with Crippen molar-refractivity contribution in [1.82, 2.24) is 20.0 Å². The predicted octanol–water partition coefficient (Wildman–Crippen LogP) is 4.06. The Morgan fingerprint density at radius 2 is 1.82 bits per heavy atom. The lowest BCUT2D eigenvalue weighted by Crippen LogP contribution is -2.57. The minimum absolute atomic E-state index is 0.102. The number of aromatic amines is 1. The molecule has 2 amide bonds. The van der Waals surface area contributed by atoms with Crippen LogP contribution in [0.2, 0.25) is 0 Å². The van der Waals surface area contributed by atoms with Crippen LogP contribution in [0.15, 0.2) is 48.7 Å². The maximum Gasteiger partial charge on any atom is 0.389 e. The Morgan fingerprint density at radius 1 is 1.11 bits per heavy atom. The van der Waals surface area contributed by atoms with E-state index in [4.69, 9.17) is 0 Å². The topological polar surface area (TPSA) is 89.6 Å². The molecular formula is C27H28F3N5O3. The fourth-order valence-corrected chi connectivity index (χ4v) is 5.52. The molecule has 0 saturated carbocycles. The third-order valence-electron chi connectivity index (χ3n) is 7.51. The van der Waals surface area contributed by atoms with Crippen molar-refractivity contribution in [2.75, 3.05) is 31.2 Å². The van der Waals surface area contributed by atoms with Gasteiger partial charge in [0.15, 0.2) is 5.78 Å². The standard InChI is InChI=1S/C27H28F3N5O3/c1-18-13-19(14-20-15-31-32-23(18)20)24(37)33-11-9-26(10-12-33)25(38)34(16-22(36)7-8-27(28,29)30)17-35(26)21-5-3-2-4-6-21/h2-6,13-15H,7-12,16-17H2,1H3,(H,31,32). The summed E-state index contributed by atoms with van der Waals surface area (Å²) in [7, 11) is 0. The number of likely N-dealkylation sites (tertiary alicyclic amines) is 1. The van der Waals surface area contributed by atoms with Gasteiger partial charge in [-0.3, -0.25) is 19.5 Å². The van der Waals surface area contributed by atoms with Gasteiger partial charge in [-0.15, -0.1) is 0 Å². The van der Waals surface area contributed by atoms with Crippen LogP contribution >= 0.6 is 0 Å². The van der Waals surface area contributed by atoms with Crippen molar-refractivity contribution in [2.24, 2.45) is 0 Å². The molecule has 200 valence electrons. The zero-order valence-corrected chi connectivity index (χ0v) is 20.9. The highest BCUT2D eigenvalue weighted by Gasteiger charge is 2.54. The molecule has 2 fully saturated rings. The van der Waals surface area contributed by atoms with E-state index in [1.807, 2.05) is 48.2 Å². The fraction of sp³-hybridized carbons (Fsp3) is 0.407. The van der Waals surface area contributed by atoms with Crippen LogP contribution in [0.4, 0.5) is 18.9 Å². The Hall–Kier alpha value is -3.89. The van der Waals surface area contributed by atoms with Gasteiger partial charge in [-0.2, -0.15) is 18.3 Å². The summed E-state index contributed by atoms with van der Waals surface area (Å²) in [5.41, 5.74) is 2.13. The molecule has 2 aromatic carbocycles. The normalized spacial score (nSPS) is 17.6. The zero-order valence-electron chi connectivity index (χ0n) is 20.9. The average molecular weight is 528 g/mol. The van der Waals surface area contributed by atoms with Gasteiger partial charge >= 0.3 is 6.18 Å². The van der Waals surface area contributed by atoms with E-state index in [1.165, 1.54) is 4.90 Å². The number of aryl methyl sites for hydroxylation is 1. The SMILES string of the molecule is Cc1cc(C(=O)N2CCC3(CC2)C(=O)N(CC(=O)CCC(F)(F)F)CN3c2ccccc2)cc2cn[nH]c12. The molecule has 0 bridgehead atoms. The molecular weight excluding hydrogens is 499 g/mol. The molecule has 1 N–H and O–H groups in total. The highest BCUT2D eigenvalue weighted by molar-refractivity contribution is 6.00. The Bertz CT molecular complexity index is 1360. The van der Waals surface area contributed by atoms with E-state index in [2.05, 4.69) is 10.2 Å². The number of fused-ring (bicyclic) bond motifs is 1. The number of rotatable bonds is 6. The number of nitrogens with one attached hydrogen (secondary N) is 1. The number of benzene rings is 2. The van der Waals surface area contributed by atoms with Crippen molar-refractivity contribution in [1.29, 1.82) is 0 Å². The number of para-hydroxylation sites is 1. The average Bonchev–Trinajstić information content (AvgIpc) is 3.47. The van der Waals surface area contributed by atoms with Gasteiger partial charge in [0.1, 0.15) is 5.54 Å². The number of hydrogen-bond donors (Lipinski definition) is 1. The number of hydrogen-bond acceptors (Lipinski definition) is 5. The van der Waals surface area contributed by atoms with Gasteiger partial charge in [-0.1, -0.05) is 18.2 Å². The molecule has 0 aliphatic carbocycles. The van der Waals surface area contributed by atoms with E-state index in [0.717, 1.165) is 22.2 Å². The van der Waals surface area contributed by atoms with Crippen LogP contribution in [0.25, 0.3) is 10.9 Å². The number of H-pyrrole nitrogens is 1. The van der Waals surface area contributed by atoms with Crippen molar-refractivity contribution < 1.29 is 27.6 Å². The highest BCUT2D eigenvalue weighted by Crippen LogP contribution is 2.40. The molecule has 3 heterocycles. The summed E-state index contributed by atoms with van der Waals surface area (Å²) in [4.78, 5) is 44.4. The summed E-state index contributed by atoms with van der Waals surface area (Å²) >= 11 is 0. The number of alkyl halides is 3. The molecule has 2 aliphatic rings. The maximum absolute atomic E-state index is 13.7. The lowest BCUT2D eigenvalue weighted by atomic mass is 9.85. The fourth-order valence-electron chi connectivity index (χ4n) is 5.52. The number of amides is 2. The Balaban J connectivity index is 1.34. The second-order valence-electron chi connectivity index (χ2n) is 10.0. The monoisotopic (exact) mass is 527 g/mol. The molecule has 0 radical (unpaired) electrons. The van der Waals surface area contributed by atoms with Crippen molar-refractivity contribution in [2.45, 2.75) is 44.3 Å². The van der Waals surface area contributed by atoms with E-state index < -0.39 is 30.3 Å². The van der Waals surface area contributed by atoms with Crippen LogP contribution in [0.1, 0.15) is 41.6 Å². The molecule has 0 unspecified atom stereocenters. The van der Waals surface area contributed by atoms with E-state index >= 15 is 0 Å². The molecule has 3 aromatic rings. The molecule has 11 heteroatoms. The largest absolute Gasteiger partial charge is 0.389 e. The van der Waals surface area contributed by atoms with Crippen LogP contribution in [-0.4, -0.2) is 75.6 Å². The summed E-state index contributed by atoms with van der Waals surface area (Å²) < 4.78 is 37.8. The van der Waals surface area contributed by atoms with Gasteiger partial charge in [0, 0.05) is 36.1 Å². The molecule has 1 aromatic heterocycles. The van der Waals surface area contributed by atoms with Crippen molar-refractivity contribution >= 4 is 34.2 Å². The zero-order chi connectivity index (χ0) is 27.1. The van der Waals surface area contributed by atoms with Gasteiger partial charge < -0.3 is 14.7 Å². The lowest BCUT2D eigenvalue weighted by molar-refractivity contribution is -0.145. The van der Waals surface area contributed by atoms with Crippen molar-refractivity contribution in [3.05, 3.63) is 59.8 Å². The number of anilines is 1. The van der Waals surface area contributed by atoms with E-state index in [1.54, 1.807) is 17.2 Å². The summed E-state index contributed by atoms with van der Waals surface area (Å²) in [5.74, 6) is -1.05. The number of halogens is 3. The second-order valence-corrected chi connectivity index (χ2v) is 10.0. The molecule has 38 heavy (non-hydrogen) atoms. The van der Waals surface area contributed by atoms with E-state index in [-0.39, 0.29) is 25.0 Å². The van der Waals surface area contributed by atoms with Gasteiger partial charge in [-0.05, 0) is 49.6 Å². The quantitative estimate of drug-likeness (QED) is 0.522. The van der Waals surface area contributed by atoms with Gasteiger partial charge in [-0.25, -0.2) is 0 Å². The first-order chi connectivity index (χ1) is 18.1. The smallest absolute Gasteiger partial charge is 0.339 e. The Kier molecular flexibility index (Phi) is 6.62. The maximum atomic E-state index is 13.7. The summed E-state index contributed by atoms with van der Waals surface area (Å²) in [6.07, 6.45) is -3.94. The first kappa shape index (κ1) is 25.7. The molecule has 2 aliphatic heterocycles. The number of nitrogens with zero attached hydrogens (tertiary/aromatic N) is 4. The summed E-state index contributed by atoms with van der Waals surface area (Å²) in [5, 5.41) is 7.81. The minimum atomic E-state index is -4.43. The molecule has 0 atom stereocenters. The van der Waals surface area contributed by atoms with Gasteiger partial charge in [0.25, 0.3) is 5.91 Å². The number of piperidine rings is 1. The Morgan fingerprint density at radius 3 is 2.50 bits per heavy atom. The number of ketones is 1. The number of carbonyl (C=O) groups excluding carboxylic acids is 3. The van der Waals surface area contributed by atoms with Crippen LogP contribution < -0.4 is 4.90 Å². The molecule has 8 nitrogen and oxygen atoms in total. The first-order valence-electron chi connectivity index (χ1n) is 12.5. The number of aromatic nitrogens is 2. The first-order valence-corrected chi connectivity index (χ1v) is 12.5. The van der Waals surface area contributed by atoms with Crippen molar-refractivity contribution in [3.8, 4) is 0 Å². The highest BCUT2D eigenvalue weighted by atomic mass is 19.4. The molecule has 1 spiro atoms. The third-order valence-corrected chi connectivity index (χ3v) is 7.51. The van der Waals surface area contributed by atoms with Crippen LogP contribution in [0.5, 0.6) is 0 Å². The number of Topliss-reactive ketones (excluding diaryl/α,β-unsaturated/α-hetero) is 1. The van der Waals surface area contributed by atoms with Crippen LogP contribution in [-0.2, 0) is 9.59 Å². The minimum Gasteiger partial charge on any atom is -0.339 e. The lowest BCUT2D eigenvalue weighted by Gasteiger charge is -2.43. The number of carbonyl (C=O) groups is 3. The third kappa shape index (κ3) is 4.84. The second kappa shape index (κ2) is 9.77. The van der Waals surface area contributed by atoms with E-state index in [0.29, 0.717) is 31.5 Å². The van der Waals surface area contributed by atoms with Crippen molar-refractivity contribution in [3.63, 3.8) is 0 Å². The molecule has 2 saturated heterocycles. The Labute approximate surface area is 217 Å². The summed E-state index contributed by atoms with van der Waals surface area (Å²) in [6, 6.07) is 12.9. The van der Waals surface area contributed by atoms with Gasteiger partial charge in [0.05, 0.1) is 31.3 Å². The summed E-state index contributed by atoms with van der Waals surface area (Å²) in [6.45, 7) is 2.29. The van der Waals surface area contributed by atoms with E-state index in [9.17, 15) is 27.6 Å². The van der Waals surface area contributed by atoms with Crippen LogP contribution in [0, 0.1) is 6.92 Å². The molecule has 5 rings (SSSR count). The predicted molar refractivity (Wildman–Crippen MR) is 134 cm³/mol.